The second-order valence-corrected chi connectivity index (χ2v) is 5.40. The van der Waals surface area contributed by atoms with Gasteiger partial charge in [-0.25, -0.2) is 15.0 Å². The standard InChI is InChI=1S/C13H10N4S2/c1-18-13-16-3-2-11(17-13)9-6-10(8-14-7-9)12-15-4-5-19-12/h2-8H,1H3. The summed E-state index contributed by atoms with van der Waals surface area (Å²) < 4.78 is 0. The van der Waals surface area contributed by atoms with Crippen LogP contribution in [0.25, 0.3) is 21.8 Å². The van der Waals surface area contributed by atoms with Crippen LogP contribution < -0.4 is 0 Å². The normalized spacial score (nSPS) is 10.6. The molecule has 4 nitrogen and oxygen atoms in total. The summed E-state index contributed by atoms with van der Waals surface area (Å²) >= 11 is 3.13. The molecule has 3 heterocycles. The van der Waals surface area contributed by atoms with Crippen LogP contribution >= 0.6 is 23.1 Å². The number of thioether (sulfide) groups is 1. The van der Waals surface area contributed by atoms with Crippen LogP contribution in [0.5, 0.6) is 0 Å². The van der Waals surface area contributed by atoms with Crippen LogP contribution in [-0.2, 0) is 0 Å². The third-order valence-corrected chi connectivity index (χ3v) is 3.91. The van der Waals surface area contributed by atoms with Crippen molar-refractivity contribution in [3.05, 3.63) is 42.3 Å². The third kappa shape index (κ3) is 2.64. The zero-order valence-corrected chi connectivity index (χ0v) is 11.8. The number of rotatable bonds is 3. The molecule has 3 aromatic heterocycles. The maximum absolute atomic E-state index is 4.48. The minimum atomic E-state index is 0.761. The average Bonchev–Trinajstić information content (AvgIpc) is 3.02. The van der Waals surface area contributed by atoms with E-state index >= 15 is 0 Å². The maximum atomic E-state index is 4.48. The summed E-state index contributed by atoms with van der Waals surface area (Å²) in [6.45, 7) is 0. The highest BCUT2D eigenvalue weighted by atomic mass is 32.2. The van der Waals surface area contributed by atoms with Crippen LogP contribution in [0.2, 0.25) is 0 Å². The van der Waals surface area contributed by atoms with Crippen LogP contribution in [-0.4, -0.2) is 26.2 Å². The van der Waals surface area contributed by atoms with E-state index in [9.17, 15) is 0 Å². The highest BCUT2D eigenvalue weighted by Crippen LogP contribution is 2.25. The van der Waals surface area contributed by atoms with Crippen molar-refractivity contribution in [1.29, 1.82) is 0 Å². The van der Waals surface area contributed by atoms with E-state index in [0.29, 0.717) is 0 Å². The summed E-state index contributed by atoms with van der Waals surface area (Å²) in [4.78, 5) is 17.2. The van der Waals surface area contributed by atoms with Gasteiger partial charge in [-0.05, 0) is 18.4 Å². The Labute approximate surface area is 119 Å². The first kappa shape index (κ1) is 12.3. The molecule has 19 heavy (non-hydrogen) atoms. The lowest BCUT2D eigenvalue weighted by Gasteiger charge is -2.03. The van der Waals surface area contributed by atoms with Gasteiger partial charge in [0.25, 0.3) is 0 Å². The molecule has 0 N–H and O–H groups in total. The van der Waals surface area contributed by atoms with E-state index in [1.54, 1.807) is 23.7 Å². The van der Waals surface area contributed by atoms with Crippen molar-refractivity contribution in [3.8, 4) is 21.8 Å². The van der Waals surface area contributed by atoms with E-state index < -0.39 is 0 Å². The number of aromatic nitrogens is 4. The van der Waals surface area contributed by atoms with E-state index in [-0.39, 0.29) is 0 Å². The minimum Gasteiger partial charge on any atom is -0.263 e. The molecule has 0 aromatic carbocycles. The summed E-state index contributed by atoms with van der Waals surface area (Å²) in [6, 6.07) is 3.95. The van der Waals surface area contributed by atoms with Gasteiger partial charge in [-0.3, -0.25) is 4.98 Å². The van der Waals surface area contributed by atoms with Gasteiger partial charge in [0.05, 0.1) is 5.69 Å². The first-order valence-electron chi connectivity index (χ1n) is 5.59. The van der Waals surface area contributed by atoms with Gasteiger partial charge in [-0.2, -0.15) is 0 Å². The Morgan fingerprint density at radius 3 is 2.79 bits per heavy atom. The van der Waals surface area contributed by atoms with Crippen LogP contribution in [0.1, 0.15) is 0 Å². The molecule has 0 saturated heterocycles. The Kier molecular flexibility index (Phi) is 3.52. The van der Waals surface area contributed by atoms with Gasteiger partial charge >= 0.3 is 0 Å². The molecule has 0 radical (unpaired) electrons. The predicted molar refractivity (Wildman–Crippen MR) is 78.2 cm³/mol. The Hall–Kier alpha value is -1.79. The van der Waals surface area contributed by atoms with Crippen molar-refractivity contribution < 1.29 is 0 Å². The summed E-state index contributed by atoms with van der Waals surface area (Å²) in [5.41, 5.74) is 2.87. The van der Waals surface area contributed by atoms with Gasteiger partial charge < -0.3 is 0 Å². The fraction of sp³-hybridized carbons (Fsp3) is 0.0769. The molecular formula is C13H10N4S2. The van der Waals surface area contributed by atoms with Gasteiger partial charge in [-0.1, -0.05) is 11.8 Å². The van der Waals surface area contributed by atoms with Gasteiger partial charge in [0.15, 0.2) is 5.16 Å². The molecule has 0 spiro atoms. The fourth-order valence-corrected chi connectivity index (χ4v) is 2.64. The van der Waals surface area contributed by atoms with Crippen LogP contribution in [0, 0.1) is 0 Å². The fourth-order valence-electron chi connectivity index (χ4n) is 1.66. The molecule has 0 aliphatic carbocycles. The van der Waals surface area contributed by atoms with Gasteiger partial charge in [0, 0.05) is 41.3 Å². The Bertz CT molecular complexity index is 683. The molecule has 6 heteroatoms. The maximum Gasteiger partial charge on any atom is 0.187 e. The lowest BCUT2D eigenvalue weighted by molar-refractivity contribution is 0.975. The molecule has 0 unspecified atom stereocenters. The van der Waals surface area contributed by atoms with Gasteiger partial charge in [-0.15, -0.1) is 11.3 Å². The van der Waals surface area contributed by atoms with E-state index in [0.717, 1.165) is 27.0 Å². The molecule has 0 aliphatic heterocycles. The van der Waals surface area contributed by atoms with Crippen molar-refractivity contribution >= 4 is 23.1 Å². The number of nitrogens with zero attached hydrogens (tertiary/aromatic N) is 4. The van der Waals surface area contributed by atoms with E-state index in [2.05, 4.69) is 26.0 Å². The SMILES string of the molecule is CSc1nccc(-c2cncc(-c3nccs3)c2)n1. The number of hydrogen-bond acceptors (Lipinski definition) is 6. The Morgan fingerprint density at radius 2 is 2.00 bits per heavy atom. The highest BCUT2D eigenvalue weighted by molar-refractivity contribution is 7.98. The van der Waals surface area contributed by atoms with Crippen molar-refractivity contribution in [1.82, 2.24) is 19.9 Å². The number of thiazole rings is 1. The Balaban J connectivity index is 2.03. The number of pyridine rings is 1. The molecule has 0 aliphatic rings. The largest absolute Gasteiger partial charge is 0.263 e. The molecule has 0 amide bonds. The highest BCUT2D eigenvalue weighted by Gasteiger charge is 2.06. The molecule has 3 aromatic rings. The van der Waals surface area contributed by atoms with Gasteiger partial charge in [0.2, 0.25) is 0 Å². The van der Waals surface area contributed by atoms with Crippen LogP contribution in [0.3, 0.4) is 0 Å². The zero-order valence-electron chi connectivity index (χ0n) is 10.1. The molecular weight excluding hydrogens is 276 g/mol. The second-order valence-electron chi connectivity index (χ2n) is 3.73. The van der Waals surface area contributed by atoms with Crippen molar-refractivity contribution in [3.63, 3.8) is 0 Å². The van der Waals surface area contributed by atoms with E-state index in [4.69, 9.17) is 0 Å². The van der Waals surface area contributed by atoms with Crippen molar-refractivity contribution in [2.75, 3.05) is 6.26 Å². The first-order valence-corrected chi connectivity index (χ1v) is 7.69. The Morgan fingerprint density at radius 1 is 1.11 bits per heavy atom. The molecule has 0 bridgehead atoms. The summed E-state index contributed by atoms with van der Waals surface area (Å²) in [7, 11) is 0. The molecule has 3 rings (SSSR count). The minimum absolute atomic E-state index is 0.761. The molecule has 0 fully saturated rings. The average molecular weight is 286 g/mol. The topological polar surface area (TPSA) is 51.6 Å². The van der Waals surface area contributed by atoms with Crippen molar-refractivity contribution in [2.24, 2.45) is 0 Å². The lowest BCUT2D eigenvalue weighted by Crippen LogP contribution is -1.90. The van der Waals surface area contributed by atoms with Crippen molar-refractivity contribution in [2.45, 2.75) is 5.16 Å². The quantitative estimate of drug-likeness (QED) is 0.545. The first-order chi connectivity index (χ1) is 9.36. The molecule has 0 saturated carbocycles. The summed E-state index contributed by atoms with van der Waals surface area (Å²) in [6.07, 6.45) is 9.15. The van der Waals surface area contributed by atoms with E-state index in [1.807, 2.05) is 30.1 Å². The van der Waals surface area contributed by atoms with E-state index in [1.165, 1.54) is 11.8 Å². The number of hydrogen-bond donors (Lipinski definition) is 0. The van der Waals surface area contributed by atoms with Gasteiger partial charge in [0.1, 0.15) is 5.01 Å². The second kappa shape index (κ2) is 5.46. The summed E-state index contributed by atoms with van der Waals surface area (Å²) in [5, 5.41) is 3.68. The molecule has 0 atom stereocenters. The summed E-state index contributed by atoms with van der Waals surface area (Å²) in [5.74, 6) is 0. The molecule has 94 valence electrons. The van der Waals surface area contributed by atoms with Crippen LogP contribution in [0.4, 0.5) is 0 Å². The zero-order chi connectivity index (χ0) is 13.1. The monoisotopic (exact) mass is 286 g/mol. The third-order valence-electron chi connectivity index (χ3n) is 2.53. The lowest BCUT2D eigenvalue weighted by atomic mass is 10.1. The predicted octanol–water partition coefficient (Wildman–Crippen LogP) is 3.38. The smallest absolute Gasteiger partial charge is 0.187 e. The van der Waals surface area contributed by atoms with Crippen LogP contribution in [0.15, 0.2) is 47.5 Å².